The number of fused-ring (bicyclic) bond motifs is 2. The number of nitrogens with one attached hydrogen (secondary N) is 1. The second-order valence-corrected chi connectivity index (χ2v) is 6.73. The molecule has 0 saturated heterocycles. The van der Waals surface area contributed by atoms with Crippen LogP contribution in [0, 0.1) is 0 Å². The summed E-state index contributed by atoms with van der Waals surface area (Å²) in [5.74, 6) is 0.276. The third kappa shape index (κ3) is 2.80. The molecule has 1 N–H and O–H groups in total. The van der Waals surface area contributed by atoms with Crippen LogP contribution in [-0.4, -0.2) is 18.2 Å². The summed E-state index contributed by atoms with van der Waals surface area (Å²) in [5.41, 5.74) is 6.95. The summed E-state index contributed by atoms with van der Waals surface area (Å²) in [4.78, 5) is 25.2. The number of carbonyl (C=O) groups excluding carboxylic acids is 2. The third-order valence-corrected chi connectivity index (χ3v) is 4.76. The molecule has 0 aliphatic carbocycles. The van der Waals surface area contributed by atoms with Crippen LogP contribution in [0.1, 0.15) is 29.2 Å². The largest absolute Gasteiger partial charge is 0.367 e. The first-order chi connectivity index (χ1) is 11.6. The van der Waals surface area contributed by atoms with Gasteiger partial charge in [-0.2, -0.15) is 0 Å². The van der Waals surface area contributed by atoms with E-state index in [0.29, 0.717) is 12.8 Å². The smallest absolute Gasteiger partial charge is 0.228 e. The van der Waals surface area contributed by atoms with Gasteiger partial charge in [-0.15, -0.1) is 0 Å². The molecule has 0 aromatic heterocycles. The Balaban J connectivity index is 1.53. The van der Waals surface area contributed by atoms with Crippen LogP contribution in [0.4, 0.5) is 11.4 Å². The van der Waals surface area contributed by atoms with Gasteiger partial charge in [-0.1, -0.05) is 24.3 Å². The predicted molar refractivity (Wildman–Crippen MR) is 94.4 cm³/mol. The highest BCUT2D eigenvalue weighted by atomic mass is 16.1. The minimum absolute atomic E-state index is 0.0756. The van der Waals surface area contributed by atoms with Crippen molar-refractivity contribution in [2.45, 2.75) is 32.7 Å². The summed E-state index contributed by atoms with van der Waals surface area (Å²) < 4.78 is 0. The Labute approximate surface area is 141 Å². The first-order valence-corrected chi connectivity index (χ1v) is 8.36. The molecule has 2 aliphatic heterocycles. The highest BCUT2D eigenvalue weighted by Crippen LogP contribution is 2.31. The van der Waals surface area contributed by atoms with Crippen molar-refractivity contribution in [3.63, 3.8) is 0 Å². The van der Waals surface area contributed by atoms with Crippen molar-refractivity contribution in [3.05, 3.63) is 58.7 Å². The summed E-state index contributed by atoms with van der Waals surface area (Å²) in [7, 11) is 0. The Bertz CT molecular complexity index is 842. The Hall–Kier alpha value is -2.62. The first kappa shape index (κ1) is 14.9. The van der Waals surface area contributed by atoms with Crippen LogP contribution in [0.25, 0.3) is 0 Å². The van der Waals surface area contributed by atoms with Gasteiger partial charge < -0.3 is 10.2 Å². The average Bonchev–Trinajstić information content (AvgIpc) is 3.09. The fourth-order valence-electron chi connectivity index (χ4n) is 3.69. The molecule has 0 bridgehead atoms. The topological polar surface area (TPSA) is 49.4 Å². The number of nitrogens with zero attached hydrogens (tertiary/aromatic N) is 1. The van der Waals surface area contributed by atoms with E-state index in [2.05, 4.69) is 40.5 Å². The van der Waals surface area contributed by atoms with Crippen molar-refractivity contribution >= 4 is 23.1 Å². The summed E-state index contributed by atoms with van der Waals surface area (Å²) in [6, 6.07) is 12.6. The normalized spacial score (nSPS) is 15.2. The van der Waals surface area contributed by atoms with E-state index in [-0.39, 0.29) is 11.7 Å². The lowest BCUT2D eigenvalue weighted by Crippen LogP contribution is -2.19. The van der Waals surface area contributed by atoms with Crippen molar-refractivity contribution < 1.29 is 9.59 Å². The van der Waals surface area contributed by atoms with E-state index in [1.165, 1.54) is 16.8 Å². The van der Waals surface area contributed by atoms with Crippen LogP contribution in [0.15, 0.2) is 36.4 Å². The van der Waals surface area contributed by atoms with Gasteiger partial charge in [0.25, 0.3) is 0 Å². The molecule has 0 atom stereocenters. The predicted octanol–water partition coefficient (Wildman–Crippen LogP) is 2.88. The van der Waals surface area contributed by atoms with Crippen LogP contribution in [-0.2, 0) is 35.4 Å². The van der Waals surface area contributed by atoms with Crippen LogP contribution >= 0.6 is 0 Å². The molecule has 4 rings (SSSR count). The molecular weight excluding hydrogens is 300 g/mol. The van der Waals surface area contributed by atoms with E-state index >= 15 is 0 Å². The minimum Gasteiger partial charge on any atom is -0.367 e. The van der Waals surface area contributed by atoms with Crippen molar-refractivity contribution in [2.75, 3.05) is 16.8 Å². The first-order valence-electron chi connectivity index (χ1n) is 8.36. The van der Waals surface area contributed by atoms with Gasteiger partial charge in [0.15, 0.2) is 0 Å². The summed E-state index contributed by atoms with van der Waals surface area (Å²) in [6.07, 6.45) is 2.01. The number of carbonyl (C=O) groups is 2. The second-order valence-electron chi connectivity index (χ2n) is 6.73. The molecule has 0 radical (unpaired) electrons. The fourth-order valence-corrected chi connectivity index (χ4v) is 3.69. The molecular formula is C20H20N2O2. The molecule has 0 unspecified atom stereocenters. The molecule has 24 heavy (non-hydrogen) atoms. The van der Waals surface area contributed by atoms with E-state index in [0.717, 1.165) is 36.3 Å². The molecule has 4 heteroatoms. The molecule has 2 heterocycles. The SMILES string of the molecule is CC(=O)Cc1ccc2c(c1)CCN2Cc1ccc2c(c1)CC(=O)N2. The fraction of sp³-hybridized carbons (Fsp3) is 0.300. The zero-order valence-electron chi connectivity index (χ0n) is 13.8. The van der Waals surface area contributed by atoms with Gasteiger partial charge in [0, 0.05) is 30.9 Å². The van der Waals surface area contributed by atoms with Gasteiger partial charge in [0.1, 0.15) is 5.78 Å². The number of hydrogen-bond donors (Lipinski definition) is 1. The molecule has 2 aromatic rings. The monoisotopic (exact) mass is 320 g/mol. The van der Waals surface area contributed by atoms with E-state index in [9.17, 15) is 9.59 Å². The van der Waals surface area contributed by atoms with Gasteiger partial charge in [-0.3, -0.25) is 9.59 Å². The Morgan fingerprint density at radius 3 is 2.75 bits per heavy atom. The standard InChI is InChI=1S/C20H20N2O2/c1-13(23)8-14-3-5-19-16(9-14)6-7-22(19)12-15-2-4-18-17(10-15)11-20(24)21-18/h2-5,9-10H,6-8,11-12H2,1H3,(H,21,24). The van der Waals surface area contributed by atoms with Crippen LogP contribution in [0.5, 0.6) is 0 Å². The highest BCUT2D eigenvalue weighted by molar-refractivity contribution is 5.99. The van der Waals surface area contributed by atoms with Gasteiger partial charge in [0.05, 0.1) is 6.42 Å². The van der Waals surface area contributed by atoms with E-state index in [1.807, 2.05) is 6.07 Å². The lowest BCUT2D eigenvalue weighted by Gasteiger charge is -2.20. The highest BCUT2D eigenvalue weighted by Gasteiger charge is 2.21. The maximum atomic E-state index is 11.5. The van der Waals surface area contributed by atoms with Crippen molar-refractivity contribution in [3.8, 4) is 0 Å². The molecule has 0 spiro atoms. The summed E-state index contributed by atoms with van der Waals surface area (Å²) in [5, 5.41) is 2.88. The van der Waals surface area contributed by atoms with Gasteiger partial charge in [-0.25, -0.2) is 0 Å². The van der Waals surface area contributed by atoms with Crippen molar-refractivity contribution in [2.24, 2.45) is 0 Å². The van der Waals surface area contributed by atoms with Crippen LogP contribution < -0.4 is 10.2 Å². The molecule has 0 fully saturated rings. The molecule has 122 valence electrons. The number of rotatable bonds is 4. The summed E-state index contributed by atoms with van der Waals surface area (Å²) >= 11 is 0. The second kappa shape index (κ2) is 5.78. The van der Waals surface area contributed by atoms with Gasteiger partial charge in [-0.05, 0) is 47.7 Å². The van der Waals surface area contributed by atoms with Gasteiger partial charge >= 0.3 is 0 Å². The van der Waals surface area contributed by atoms with Gasteiger partial charge in [0.2, 0.25) is 5.91 Å². The molecule has 2 aliphatic rings. The molecule has 2 aromatic carbocycles. The molecule has 1 amide bonds. The number of Topliss-reactive ketones (excluding diaryl/α,β-unsaturated/α-hetero) is 1. The van der Waals surface area contributed by atoms with Crippen molar-refractivity contribution in [1.29, 1.82) is 0 Å². The number of anilines is 2. The maximum Gasteiger partial charge on any atom is 0.228 e. The Kier molecular flexibility index (Phi) is 3.60. The van der Waals surface area contributed by atoms with E-state index < -0.39 is 0 Å². The quantitative estimate of drug-likeness (QED) is 0.942. The third-order valence-electron chi connectivity index (χ3n) is 4.76. The Morgan fingerprint density at radius 2 is 1.92 bits per heavy atom. The Morgan fingerprint density at radius 1 is 1.12 bits per heavy atom. The van der Waals surface area contributed by atoms with Crippen LogP contribution in [0.2, 0.25) is 0 Å². The summed E-state index contributed by atoms with van der Waals surface area (Å²) in [6.45, 7) is 3.47. The lowest BCUT2D eigenvalue weighted by molar-refractivity contribution is -0.116. The van der Waals surface area contributed by atoms with E-state index in [1.54, 1.807) is 6.92 Å². The minimum atomic E-state index is 0.0756. The van der Waals surface area contributed by atoms with Crippen LogP contribution in [0.3, 0.4) is 0 Å². The van der Waals surface area contributed by atoms with Crippen molar-refractivity contribution in [1.82, 2.24) is 0 Å². The lowest BCUT2D eigenvalue weighted by atomic mass is 10.0. The zero-order valence-corrected chi connectivity index (χ0v) is 13.8. The number of amides is 1. The zero-order chi connectivity index (χ0) is 16.7. The maximum absolute atomic E-state index is 11.5. The molecule has 0 saturated carbocycles. The average molecular weight is 320 g/mol. The van der Waals surface area contributed by atoms with E-state index in [4.69, 9.17) is 0 Å². The number of ketones is 1. The number of benzene rings is 2. The number of hydrogen-bond acceptors (Lipinski definition) is 3. The molecule has 4 nitrogen and oxygen atoms in total.